The molecule has 0 fully saturated rings. The number of hydrogen-bond donors (Lipinski definition) is 2. The van der Waals surface area contributed by atoms with Crippen LogP contribution in [-0.4, -0.2) is 44.9 Å². The summed E-state index contributed by atoms with van der Waals surface area (Å²) in [5.74, 6) is -3.17. The molecule has 0 amide bonds. The first-order valence-corrected chi connectivity index (χ1v) is 8.58. The SMILES string of the molecule is CO[Si](CCC(CC(=O)O)C(=O)O)(OC)c1ccccc1. The highest BCUT2D eigenvalue weighted by atomic mass is 28.4. The Morgan fingerprint density at radius 2 is 1.71 bits per heavy atom. The van der Waals surface area contributed by atoms with E-state index in [2.05, 4.69) is 0 Å². The number of carbonyl (C=O) groups is 2. The molecule has 0 spiro atoms. The first kappa shape index (κ1) is 17.3. The van der Waals surface area contributed by atoms with Gasteiger partial charge >= 0.3 is 20.5 Å². The first-order chi connectivity index (χ1) is 9.95. The molecule has 1 unspecified atom stereocenters. The number of carboxylic acids is 2. The molecular formula is C14H20O6Si. The van der Waals surface area contributed by atoms with Gasteiger partial charge in [-0.2, -0.15) is 0 Å². The Labute approximate surface area is 124 Å². The van der Waals surface area contributed by atoms with Gasteiger partial charge in [0, 0.05) is 14.2 Å². The molecule has 0 aliphatic rings. The Balaban J connectivity index is 2.88. The average Bonchev–Trinajstić information content (AvgIpc) is 2.48. The van der Waals surface area contributed by atoms with Crippen molar-refractivity contribution in [2.45, 2.75) is 18.9 Å². The molecule has 0 heterocycles. The number of hydrogen-bond acceptors (Lipinski definition) is 4. The van der Waals surface area contributed by atoms with E-state index in [9.17, 15) is 9.59 Å². The highest BCUT2D eigenvalue weighted by Crippen LogP contribution is 2.21. The highest BCUT2D eigenvalue weighted by Gasteiger charge is 2.39. The molecule has 0 aromatic heterocycles. The maximum Gasteiger partial charge on any atom is 0.372 e. The van der Waals surface area contributed by atoms with Crippen LogP contribution in [0.3, 0.4) is 0 Å². The highest BCUT2D eigenvalue weighted by molar-refractivity contribution is 6.81. The molecule has 1 atom stereocenters. The third kappa shape index (κ3) is 4.66. The second-order valence-corrected chi connectivity index (χ2v) is 8.10. The van der Waals surface area contributed by atoms with Gasteiger partial charge in [0.15, 0.2) is 0 Å². The molecule has 1 aromatic carbocycles. The van der Waals surface area contributed by atoms with Crippen LogP contribution in [0.4, 0.5) is 0 Å². The van der Waals surface area contributed by atoms with E-state index in [-0.39, 0.29) is 6.42 Å². The second-order valence-electron chi connectivity index (χ2n) is 4.70. The van der Waals surface area contributed by atoms with Gasteiger partial charge < -0.3 is 19.1 Å². The molecule has 0 aliphatic heterocycles. The summed E-state index contributed by atoms with van der Waals surface area (Å²) in [6.45, 7) is 0. The van der Waals surface area contributed by atoms with Gasteiger partial charge in [-0.1, -0.05) is 30.3 Å². The van der Waals surface area contributed by atoms with Gasteiger partial charge in [-0.05, 0) is 17.7 Å². The molecule has 0 bridgehead atoms. The standard InChI is InChI=1S/C14H20O6Si/c1-19-21(20-2,12-6-4-3-5-7-12)9-8-11(14(17)18)10-13(15)16/h3-7,11H,8-10H2,1-2H3,(H,15,16)(H,17,18). The Kier molecular flexibility index (Phi) is 6.54. The third-order valence-corrected chi connectivity index (χ3v) is 6.94. The first-order valence-electron chi connectivity index (χ1n) is 6.55. The van der Waals surface area contributed by atoms with Crippen molar-refractivity contribution in [3.05, 3.63) is 30.3 Å². The number of benzene rings is 1. The van der Waals surface area contributed by atoms with Crippen LogP contribution < -0.4 is 5.19 Å². The Morgan fingerprint density at radius 3 is 2.14 bits per heavy atom. The van der Waals surface area contributed by atoms with Gasteiger partial charge in [-0.15, -0.1) is 0 Å². The van der Waals surface area contributed by atoms with Crippen LogP contribution in [-0.2, 0) is 18.4 Å². The van der Waals surface area contributed by atoms with Crippen molar-refractivity contribution in [3.8, 4) is 0 Å². The van der Waals surface area contributed by atoms with Crippen molar-refractivity contribution < 1.29 is 28.7 Å². The summed E-state index contributed by atoms with van der Waals surface area (Å²) in [6, 6.07) is 9.74. The lowest BCUT2D eigenvalue weighted by Gasteiger charge is -2.28. The number of rotatable bonds is 9. The molecule has 7 heteroatoms. The van der Waals surface area contributed by atoms with E-state index in [4.69, 9.17) is 19.1 Å². The smallest absolute Gasteiger partial charge is 0.372 e. The van der Waals surface area contributed by atoms with Crippen molar-refractivity contribution in [2.75, 3.05) is 14.2 Å². The molecule has 0 saturated heterocycles. The van der Waals surface area contributed by atoms with Crippen LogP contribution in [0, 0.1) is 5.92 Å². The van der Waals surface area contributed by atoms with Crippen molar-refractivity contribution in [1.29, 1.82) is 0 Å². The quantitative estimate of drug-likeness (QED) is 0.665. The molecular weight excluding hydrogens is 292 g/mol. The maximum absolute atomic E-state index is 11.1. The molecule has 116 valence electrons. The second kappa shape index (κ2) is 7.92. The average molecular weight is 312 g/mol. The van der Waals surface area contributed by atoms with Gasteiger partial charge in [0.25, 0.3) is 0 Å². The summed E-state index contributed by atoms with van der Waals surface area (Å²) in [4.78, 5) is 21.9. The fourth-order valence-corrected chi connectivity index (χ4v) is 5.01. The number of carboxylic acid groups (broad SMARTS) is 2. The van der Waals surface area contributed by atoms with E-state index in [0.717, 1.165) is 5.19 Å². The Bertz CT molecular complexity index is 472. The van der Waals surface area contributed by atoms with Crippen molar-refractivity contribution >= 4 is 25.7 Å². The zero-order valence-electron chi connectivity index (χ0n) is 12.1. The van der Waals surface area contributed by atoms with Gasteiger partial charge in [-0.3, -0.25) is 9.59 Å². The van der Waals surface area contributed by atoms with Crippen LogP contribution >= 0.6 is 0 Å². The monoisotopic (exact) mass is 312 g/mol. The van der Waals surface area contributed by atoms with Crippen LogP contribution in [0.5, 0.6) is 0 Å². The minimum absolute atomic E-state index is 0.199. The van der Waals surface area contributed by atoms with Crippen molar-refractivity contribution in [2.24, 2.45) is 5.92 Å². The normalized spacial score (nSPS) is 12.9. The third-order valence-electron chi connectivity index (χ3n) is 3.47. The van der Waals surface area contributed by atoms with Gasteiger partial charge in [0.1, 0.15) is 0 Å². The molecule has 1 rings (SSSR count). The fourth-order valence-electron chi connectivity index (χ4n) is 2.25. The van der Waals surface area contributed by atoms with E-state index in [0.29, 0.717) is 6.04 Å². The number of aliphatic carboxylic acids is 2. The lowest BCUT2D eigenvalue weighted by atomic mass is 10.0. The lowest BCUT2D eigenvalue weighted by Crippen LogP contribution is -2.52. The van der Waals surface area contributed by atoms with Crippen molar-refractivity contribution in [3.63, 3.8) is 0 Å². The zero-order chi connectivity index (χ0) is 15.9. The lowest BCUT2D eigenvalue weighted by molar-refractivity contribution is -0.148. The Hall–Kier alpha value is -1.70. The van der Waals surface area contributed by atoms with Gasteiger partial charge in [0.2, 0.25) is 0 Å². The van der Waals surface area contributed by atoms with Gasteiger partial charge in [0.05, 0.1) is 12.3 Å². The summed E-state index contributed by atoms with van der Waals surface area (Å²) >= 11 is 0. The molecule has 0 radical (unpaired) electrons. The molecule has 1 aromatic rings. The largest absolute Gasteiger partial charge is 0.481 e. The van der Waals surface area contributed by atoms with Gasteiger partial charge in [-0.25, -0.2) is 0 Å². The van der Waals surface area contributed by atoms with E-state index >= 15 is 0 Å². The molecule has 2 N–H and O–H groups in total. The minimum atomic E-state index is -2.74. The molecule has 0 saturated carbocycles. The minimum Gasteiger partial charge on any atom is -0.481 e. The van der Waals surface area contributed by atoms with E-state index < -0.39 is 32.8 Å². The van der Waals surface area contributed by atoms with Crippen LogP contribution in [0.2, 0.25) is 6.04 Å². The molecule has 6 nitrogen and oxygen atoms in total. The predicted molar refractivity (Wildman–Crippen MR) is 78.7 cm³/mol. The zero-order valence-corrected chi connectivity index (χ0v) is 13.1. The summed E-state index contributed by atoms with van der Waals surface area (Å²) in [7, 11) is 0.339. The van der Waals surface area contributed by atoms with Crippen LogP contribution in [0.25, 0.3) is 0 Å². The van der Waals surface area contributed by atoms with E-state index in [1.165, 1.54) is 14.2 Å². The fraction of sp³-hybridized carbons (Fsp3) is 0.429. The van der Waals surface area contributed by atoms with Crippen LogP contribution in [0.15, 0.2) is 30.3 Å². The summed E-state index contributed by atoms with van der Waals surface area (Å²) in [5, 5.41) is 18.8. The van der Waals surface area contributed by atoms with E-state index in [1.54, 1.807) is 0 Å². The summed E-state index contributed by atoms with van der Waals surface area (Å²) < 4.78 is 11.2. The molecule has 21 heavy (non-hydrogen) atoms. The summed E-state index contributed by atoms with van der Waals surface area (Å²) in [5.41, 5.74) is 0. The topological polar surface area (TPSA) is 93.1 Å². The molecule has 0 aliphatic carbocycles. The van der Waals surface area contributed by atoms with Crippen molar-refractivity contribution in [1.82, 2.24) is 0 Å². The summed E-state index contributed by atoms with van der Waals surface area (Å²) in [6.07, 6.45) is -0.202. The predicted octanol–water partition coefficient (Wildman–Crippen LogP) is 1.19. The Morgan fingerprint density at radius 1 is 1.14 bits per heavy atom. The maximum atomic E-state index is 11.1. The van der Waals surface area contributed by atoms with Crippen LogP contribution in [0.1, 0.15) is 12.8 Å². The van der Waals surface area contributed by atoms with E-state index in [1.807, 2.05) is 30.3 Å².